The molecule has 5 heteroatoms. The fraction of sp³-hybridized carbons (Fsp3) is 0.333. The highest BCUT2D eigenvalue weighted by Gasteiger charge is 2.33. The zero-order chi connectivity index (χ0) is 14.3. The average molecular weight is 292 g/mol. The number of hydrogen-bond donors (Lipinski definition) is 2. The molecule has 2 atom stereocenters. The molecule has 1 aliphatic carbocycles. The summed E-state index contributed by atoms with van der Waals surface area (Å²) in [5, 5.41) is 13.3. The summed E-state index contributed by atoms with van der Waals surface area (Å²) >= 11 is 1.57. The molecule has 1 saturated heterocycles. The molecule has 1 aromatic rings. The van der Waals surface area contributed by atoms with Crippen LogP contribution in [0.1, 0.15) is 17.4 Å². The Labute approximate surface area is 122 Å². The maximum atomic E-state index is 14.0. The lowest BCUT2D eigenvalue weighted by Crippen LogP contribution is -2.26. The number of anilines is 1. The van der Waals surface area contributed by atoms with E-state index in [-0.39, 0.29) is 17.2 Å². The van der Waals surface area contributed by atoms with Crippen molar-refractivity contribution < 1.29 is 9.50 Å². The molecule has 0 aromatic heterocycles. The number of aliphatic hydroxyl groups is 1. The number of thioether (sulfide) groups is 1. The fourth-order valence-electron chi connectivity index (χ4n) is 2.53. The molecule has 3 rings (SSSR count). The van der Waals surface area contributed by atoms with E-state index in [0.717, 1.165) is 16.9 Å². The molecule has 0 radical (unpaired) electrons. The molecule has 1 aromatic carbocycles. The zero-order valence-electron chi connectivity index (χ0n) is 11.4. The lowest BCUT2D eigenvalue weighted by Gasteiger charge is -2.17. The number of nitrogens with one attached hydrogen (secondary N) is 1. The monoisotopic (exact) mass is 292 g/mol. The lowest BCUT2D eigenvalue weighted by molar-refractivity contribution is 0.417. The summed E-state index contributed by atoms with van der Waals surface area (Å²) in [7, 11) is 3.65. The van der Waals surface area contributed by atoms with E-state index in [1.807, 2.05) is 26.2 Å². The van der Waals surface area contributed by atoms with Crippen molar-refractivity contribution in [2.75, 3.05) is 19.0 Å². The van der Waals surface area contributed by atoms with E-state index < -0.39 is 0 Å². The summed E-state index contributed by atoms with van der Waals surface area (Å²) in [4.78, 5) is 2.71. The van der Waals surface area contributed by atoms with Gasteiger partial charge in [-0.05, 0) is 30.2 Å². The highest BCUT2D eigenvalue weighted by Crippen LogP contribution is 2.45. The lowest BCUT2D eigenvalue weighted by atomic mass is 10.1. The summed E-state index contributed by atoms with van der Waals surface area (Å²) < 4.78 is 14.0. The summed E-state index contributed by atoms with van der Waals surface area (Å²) in [5.41, 5.74) is 1.48. The van der Waals surface area contributed by atoms with Crippen LogP contribution in [-0.4, -0.2) is 25.2 Å². The summed E-state index contributed by atoms with van der Waals surface area (Å²) in [6.07, 6.45) is 4.55. The van der Waals surface area contributed by atoms with E-state index in [1.165, 1.54) is 0 Å². The second kappa shape index (κ2) is 5.14. The minimum absolute atomic E-state index is 0.0113. The molecule has 2 aliphatic rings. The molecule has 1 fully saturated rings. The molecule has 0 amide bonds. The van der Waals surface area contributed by atoms with Crippen molar-refractivity contribution >= 4 is 17.4 Å². The molecule has 1 aliphatic heterocycles. The van der Waals surface area contributed by atoms with Gasteiger partial charge in [-0.3, -0.25) is 5.32 Å². The molecule has 0 saturated carbocycles. The van der Waals surface area contributed by atoms with E-state index in [2.05, 4.69) is 5.32 Å². The van der Waals surface area contributed by atoms with E-state index >= 15 is 0 Å². The Morgan fingerprint density at radius 1 is 1.40 bits per heavy atom. The van der Waals surface area contributed by atoms with Crippen molar-refractivity contribution in [2.24, 2.45) is 0 Å². The molecule has 3 nitrogen and oxygen atoms in total. The number of fused-ring (bicyclic) bond motifs is 1. The molecule has 2 unspecified atom stereocenters. The molecule has 2 N–H and O–H groups in total. The fourth-order valence-corrected chi connectivity index (χ4v) is 3.81. The van der Waals surface area contributed by atoms with Crippen molar-refractivity contribution in [3.8, 4) is 0 Å². The SMILES string of the molecule is CN(C)c1ccc(C2NC3CC=CC(O)=C3S2)cc1F. The van der Waals surface area contributed by atoms with Crippen molar-refractivity contribution in [3.63, 3.8) is 0 Å². The number of halogens is 1. The summed E-state index contributed by atoms with van der Waals surface area (Å²) in [6.45, 7) is 0. The predicted molar refractivity (Wildman–Crippen MR) is 81.4 cm³/mol. The Morgan fingerprint density at radius 2 is 2.20 bits per heavy atom. The molecule has 0 bridgehead atoms. The van der Waals surface area contributed by atoms with Crippen molar-refractivity contribution in [3.05, 3.63) is 52.4 Å². The second-order valence-corrected chi connectivity index (χ2v) is 6.36. The second-order valence-electron chi connectivity index (χ2n) is 5.21. The van der Waals surface area contributed by atoms with E-state index in [1.54, 1.807) is 34.9 Å². The number of aliphatic hydroxyl groups excluding tert-OH is 1. The van der Waals surface area contributed by atoms with Crippen LogP contribution >= 0.6 is 11.8 Å². The summed E-state index contributed by atoms with van der Waals surface area (Å²) in [6, 6.07) is 5.45. The number of rotatable bonds is 2. The van der Waals surface area contributed by atoms with Gasteiger partial charge in [0.05, 0.1) is 11.1 Å². The van der Waals surface area contributed by atoms with Crippen LogP contribution in [0.3, 0.4) is 0 Å². The van der Waals surface area contributed by atoms with Crippen molar-refractivity contribution in [1.29, 1.82) is 0 Å². The minimum Gasteiger partial charge on any atom is -0.507 e. The quantitative estimate of drug-likeness (QED) is 0.876. The third kappa shape index (κ3) is 2.31. The molecule has 1 heterocycles. The highest BCUT2D eigenvalue weighted by molar-refractivity contribution is 8.03. The van der Waals surface area contributed by atoms with Crippen LogP contribution in [0.5, 0.6) is 0 Å². The first-order chi connectivity index (χ1) is 9.56. The number of allylic oxidation sites excluding steroid dienone is 1. The topological polar surface area (TPSA) is 35.5 Å². The Kier molecular flexibility index (Phi) is 3.48. The maximum absolute atomic E-state index is 14.0. The van der Waals surface area contributed by atoms with Gasteiger partial charge in [-0.1, -0.05) is 12.1 Å². The van der Waals surface area contributed by atoms with Crippen molar-refractivity contribution in [1.82, 2.24) is 5.32 Å². The third-order valence-electron chi connectivity index (χ3n) is 3.57. The molecular formula is C15H17FN2OS. The van der Waals surface area contributed by atoms with Gasteiger partial charge in [0.25, 0.3) is 0 Å². The highest BCUT2D eigenvalue weighted by atomic mass is 32.2. The van der Waals surface area contributed by atoms with Gasteiger partial charge in [-0.2, -0.15) is 0 Å². The molecule has 20 heavy (non-hydrogen) atoms. The standard InChI is InChI=1S/C15H17FN2OS/c1-18(2)12-7-6-9(8-10(12)16)15-17-11-4-3-5-13(19)14(11)20-15/h3,5-8,11,15,17,19H,4H2,1-2H3. The number of hydrogen-bond acceptors (Lipinski definition) is 4. The van der Waals surface area contributed by atoms with Crippen LogP contribution in [0.25, 0.3) is 0 Å². The van der Waals surface area contributed by atoms with Crippen LogP contribution in [0, 0.1) is 5.82 Å². The van der Waals surface area contributed by atoms with Crippen LogP contribution in [0.15, 0.2) is 41.0 Å². The normalized spacial score (nSPS) is 24.9. The van der Waals surface area contributed by atoms with Crippen LogP contribution in [-0.2, 0) is 0 Å². The van der Waals surface area contributed by atoms with E-state index in [0.29, 0.717) is 11.4 Å². The minimum atomic E-state index is -0.221. The first kappa shape index (κ1) is 13.5. The Balaban J connectivity index is 1.85. The maximum Gasteiger partial charge on any atom is 0.146 e. The molecule has 0 spiro atoms. The molecular weight excluding hydrogens is 275 g/mol. The number of benzene rings is 1. The van der Waals surface area contributed by atoms with E-state index in [9.17, 15) is 9.50 Å². The van der Waals surface area contributed by atoms with Gasteiger partial charge in [0.1, 0.15) is 11.6 Å². The van der Waals surface area contributed by atoms with Gasteiger partial charge >= 0.3 is 0 Å². The Bertz CT molecular complexity index is 598. The van der Waals surface area contributed by atoms with Gasteiger partial charge in [0.2, 0.25) is 0 Å². The Morgan fingerprint density at radius 3 is 2.85 bits per heavy atom. The first-order valence-electron chi connectivity index (χ1n) is 6.55. The van der Waals surface area contributed by atoms with E-state index in [4.69, 9.17) is 0 Å². The van der Waals surface area contributed by atoms with Gasteiger partial charge < -0.3 is 10.0 Å². The third-order valence-corrected chi connectivity index (χ3v) is 4.96. The molecule has 106 valence electrons. The van der Waals surface area contributed by atoms with Gasteiger partial charge in [-0.15, -0.1) is 11.8 Å². The van der Waals surface area contributed by atoms with Gasteiger partial charge in [0, 0.05) is 25.0 Å². The van der Waals surface area contributed by atoms with Crippen LogP contribution < -0.4 is 10.2 Å². The first-order valence-corrected chi connectivity index (χ1v) is 7.43. The van der Waals surface area contributed by atoms with Gasteiger partial charge in [0.15, 0.2) is 0 Å². The number of nitrogens with zero attached hydrogens (tertiary/aromatic N) is 1. The largest absolute Gasteiger partial charge is 0.507 e. The van der Waals surface area contributed by atoms with Crippen LogP contribution in [0.2, 0.25) is 0 Å². The zero-order valence-corrected chi connectivity index (χ0v) is 12.2. The summed E-state index contributed by atoms with van der Waals surface area (Å²) in [5.74, 6) is 0.104. The smallest absolute Gasteiger partial charge is 0.146 e. The van der Waals surface area contributed by atoms with Crippen LogP contribution in [0.4, 0.5) is 10.1 Å². The average Bonchev–Trinajstić information content (AvgIpc) is 2.83. The van der Waals surface area contributed by atoms with Gasteiger partial charge in [-0.25, -0.2) is 4.39 Å². The Hall–Kier alpha value is -1.46. The predicted octanol–water partition coefficient (Wildman–Crippen LogP) is 3.32. The van der Waals surface area contributed by atoms with Crippen molar-refractivity contribution in [2.45, 2.75) is 17.8 Å².